The molecule has 3 nitrogen and oxygen atoms in total. The number of amides is 1. The van der Waals surface area contributed by atoms with Gasteiger partial charge in [-0.2, -0.15) is 0 Å². The monoisotopic (exact) mass is 272 g/mol. The van der Waals surface area contributed by atoms with Crippen LogP contribution < -0.4 is 10.2 Å². The number of hydrogen-bond acceptors (Lipinski definition) is 3. The second-order valence-corrected chi connectivity index (χ2v) is 5.77. The Balaban J connectivity index is 2.00. The molecule has 98 valence electrons. The van der Waals surface area contributed by atoms with Crippen molar-refractivity contribution in [3.05, 3.63) is 52.2 Å². The molecule has 1 N–H and O–H groups in total. The highest BCUT2D eigenvalue weighted by molar-refractivity contribution is 7.09. The van der Waals surface area contributed by atoms with Crippen LogP contribution in [-0.4, -0.2) is 11.9 Å². The number of thiophene rings is 1. The lowest BCUT2D eigenvalue weighted by Gasteiger charge is -2.23. The Morgan fingerprint density at radius 2 is 2.16 bits per heavy atom. The van der Waals surface area contributed by atoms with Crippen molar-refractivity contribution in [3.63, 3.8) is 0 Å². The van der Waals surface area contributed by atoms with Crippen LogP contribution in [-0.2, 0) is 17.9 Å². The summed E-state index contributed by atoms with van der Waals surface area (Å²) in [4.78, 5) is 15.6. The molecule has 0 radical (unpaired) electrons. The SMILES string of the molecule is CC1NCc2ccccc2N(Cc2cccs2)C1=O. The van der Waals surface area contributed by atoms with Gasteiger partial charge in [0, 0.05) is 17.1 Å². The summed E-state index contributed by atoms with van der Waals surface area (Å²) in [6.07, 6.45) is 0. The van der Waals surface area contributed by atoms with Gasteiger partial charge in [0.1, 0.15) is 0 Å². The first-order valence-electron chi connectivity index (χ1n) is 6.41. The maximum Gasteiger partial charge on any atom is 0.244 e. The Bertz CT molecular complexity index is 580. The number of rotatable bonds is 2. The fourth-order valence-corrected chi connectivity index (χ4v) is 3.04. The van der Waals surface area contributed by atoms with Gasteiger partial charge in [0.05, 0.1) is 12.6 Å². The number of carbonyl (C=O) groups excluding carboxylic acids is 1. The molecule has 2 heterocycles. The van der Waals surface area contributed by atoms with Gasteiger partial charge in [0.15, 0.2) is 0 Å². The molecule has 1 aromatic carbocycles. The standard InChI is InChI=1S/C15H16N2OS/c1-11-15(18)17(10-13-6-4-8-19-13)14-7-3-2-5-12(14)9-16-11/h2-8,11,16H,9-10H2,1H3. The van der Waals surface area contributed by atoms with E-state index in [1.54, 1.807) is 11.3 Å². The van der Waals surface area contributed by atoms with Crippen LogP contribution in [0.3, 0.4) is 0 Å². The minimum Gasteiger partial charge on any atom is -0.306 e. The first kappa shape index (κ1) is 12.4. The van der Waals surface area contributed by atoms with Crippen molar-refractivity contribution in [1.82, 2.24) is 5.32 Å². The highest BCUT2D eigenvalue weighted by Gasteiger charge is 2.27. The van der Waals surface area contributed by atoms with Crippen LogP contribution in [0.15, 0.2) is 41.8 Å². The van der Waals surface area contributed by atoms with Crippen molar-refractivity contribution in [1.29, 1.82) is 0 Å². The van der Waals surface area contributed by atoms with Crippen LogP contribution in [0, 0.1) is 0 Å². The predicted molar refractivity (Wildman–Crippen MR) is 78.3 cm³/mol. The summed E-state index contributed by atoms with van der Waals surface area (Å²) in [5, 5.41) is 5.32. The molecular weight excluding hydrogens is 256 g/mol. The van der Waals surface area contributed by atoms with Gasteiger partial charge in [-0.05, 0) is 30.0 Å². The number of anilines is 1. The fraction of sp³-hybridized carbons (Fsp3) is 0.267. The van der Waals surface area contributed by atoms with Gasteiger partial charge < -0.3 is 10.2 Å². The Labute approximate surface area is 116 Å². The maximum absolute atomic E-state index is 12.5. The molecular formula is C15H16N2OS. The van der Waals surface area contributed by atoms with E-state index in [0.29, 0.717) is 6.54 Å². The van der Waals surface area contributed by atoms with Gasteiger partial charge in [-0.15, -0.1) is 11.3 Å². The van der Waals surface area contributed by atoms with Gasteiger partial charge >= 0.3 is 0 Å². The van der Waals surface area contributed by atoms with Crippen molar-refractivity contribution in [3.8, 4) is 0 Å². The van der Waals surface area contributed by atoms with Crippen LogP contribution in [0.1, 0.15) is 17.4 Å². The zero-order valence-corrected chi connectivity index (χ0v) is 11.6. The molecule has 1 atom stereocenters. The Morgan fingerprint density at radius 1 is 1.32 bits per heavy atom. The predicted octanol–water partition coefficient (Wildman–Crippen LogP) is 2.77. The molecule has 1 aromatic heterocycles. The smallest absolute Gasteiger partial charge is 0.244 e. The van der Waals surface area contributed by atoms with Crippen LogP contribution in [0.5, 0.6) is 0 Å². The lowest BCUT2D eigenvalue weighted by molar-refractivity contribution is -0.120. The van der Waals surface area contributed by atoms with E-state index >= 15 is 0 Å². The summed E-state index contributed by atoms with van der Waals surface area (Å²) in [5.74, 6) is 0.137. The first-order chi connectivity index (χ1) is 9.25. The van der Waals surface area contributed by atoms with E-state index in [2.05, 4.69) is 17.4 Å². The van der Waals surface area contributed by atoms with Gasteiger partial charge in [-0.3, -0.25) is 4.79 Å². The minimum atomic E-state index is -0.146. The van der Waals surface area contributed by atoms with Crippen LogP contribution in [0.4, 0.5) is 5.69 Å². The molecule has 0 spiro atoms. The number of carbonyl (C=O) groups is 1. The van der Waals surface area contributed by atoms with E-state index in [-0.39, 0.29) is 11.9 Å². The van der Waals surface area contributed by atoms with Crippen molar-refractivity contribution in [2.24, 2.45) is 0 Å². The van der Waals surface area contributed by atoms with Gasteiger partial charge in [-0.25, -0.2) is 0 Å². The largest absolute Gasteiger partial charge is 0.306 e. The van der Waals surface area contributed by atoms with E-state index in [0.717, 1.165) is 12.2 Å². The Hall–Kier alpha value is -1.65. The molecule has 0 bridgehead atoms. The third-order valence-electron chi connectivity index (χ3n) is 3.41. The normalized spacial score (nSPS) is 19.1. The molecule has 3 rings (SSSR count). The summed E-state index contributed by atoms with van der Waals surface area (Å²) in [6, 6.07) is 12.1. The van der Waals surface area contributed by atoms with Gasteiger partial charge in [-0.1, -0.05) is 24.3 Å². The molecule has 1 amide bonds. The summed E-state index contributed by atoms with van der Waals surface area (Å²) >= 11 is 1.69. The number of para-hydroxylation sites is 1. The molecule has 0 saturated carbocycles. The van der Waals surface area contributed by atoms with E-state index in [1.807, 2.05) is 41.5 Å². The zero-order chi connectivity index (χ0) is 13.2. The zero-order valence-electron chi connectivity index (χ0n) is 10.8. The Kier molecular flexibility index (Phi) is 3.36. The summed E-state index contributed by atoms with van der Waals surface area (Å²) in [5.41, 5.74) is 2.20. The lowest BCUT2D eigenvalue weighted by atomic mass is 10.1. The average Bonchev–Trinajstić information content (AvgIpc) is 2.91. The van der Waals surface area contributed by atoms with Crippen molar-refractivity contribution in [2.75, 3.05) is 4.90 Å². The fourth-order valence-electron chi connectivity index (χ4n) is 2.35. The lowest BCUT2D eigenvalue weighted by Crippen LogP contribution is -2.41. The van der Waals surface area contributed by atoms with Crippen LogP contribution in [0.25, 0.3) is 0 Å². The molecule has 0 saturated heterocycles. The maximum atomic E-state index is 12.5. The molecule has 1 aliphatic rings. The van der Waals surface area contributed by atoms with Gasteiger partial charge in [0.2, 0.25) is 5.91 Å². The third kappa shape index (κ3) is 2.41. The molecule has 2 aromatic rings. The first-order valence-corrected chi connectivity index (χ1v) is 7.29. The second-order valence-electron chi connectivity index (χ2n) is 4.74. The van der Waals surface area contributed by atoms with Crippen molar-refractivity contribution < 1.29 is 4.79 Å². The number of nitrogens with one attached hydrogen (secondary N) is 1. The topological polar surface area (TPSA) is 32.3 Å². The molecule has 1 aliphatic heterocycles. The number of fused-ring (bicyclic) bond motifs is 1. The molecule has 0 aliphatic carbocycles. The highest BCUT2D eigenvalue weighted by Crippen LogP contribution is 2.26. The van der Waals surface area contributed by atoms with Crippen LogP contribution >= 0.6 is 11.3 Å². The van der Waals surface area contributed by atoms with Gasteiger partial charge in [0.25, 0.3) is 0 Å². The molecule has 1 unspecified atom stereocenters. The second kappa shape index (κ2) is 5.15. The minimum absolute atomic E-state index is 0.137. The summed E-state index contributed by atoms with van der Waals surface area (Å²) in [7, 11) is 0. The summed E-state index contributed by atoms with van der Waals surface area (Å²) in [6.45, 7) is 3.32. The highest BCUT2D eigenvalue weighted by atomic mass is 32.1. The number of hydrogen-bond donors (Lipinski definition) is 1. The third-order valence-corrected chi connectivity index (χ3v) is 4.27. The number of nitrogens with zero attached hydrogens (tertiary/aromatic N) is 1. The van der Waals surface area contributed by atoms with E-state index in [9.17, 15) is 4.79 Å². The van der Waals surface area contributed by atoms with Crippen LogP contribution in [0.2, 0.25) is 0 Å². The molecule has 0 fully saturated rings. The van der Waals surface area contributed by atoms with E-state index in [4.69, 9.17) is 0 Å². The van der Waals surface area contributed by atoms with Crippen molar-refractivity contribution >= 4 is 22.9 Å². The number of benzene rings is 1. The average molecular weight is 272 g/mol. The van der Waals surface area contributed by atoms with E-state index in [1.165, 1.54) is 10.4 Å². The Morgan fingerprint density at radius 3 is 2.95 bits per heavy atom. The molecule has 19 heavy (non-hydrogen) atoms. The quantitative estimate of drug-likeness (QED) is 0.911. The van der Waals surface area contributed by atoms with E-state index < -0.39 is 0 Å². The summed E-state index contributed by atoms with van der Waals surface area (Å²) < 4.78 is 0. The molecule has 4 heteroatoms. The van der Waals surface area contributed by atoms with Crippen molar-refractivity contribution in [2.45, 2.75) is 26.1 Å².